The summed E-state index contributed by atoms with van der Waals surface area (Å²) in [5.41, 5.74) is 1.38. The van der Waals surface area contributed by atoms with E-state index in [0.29, 0.717) is 16.6 Å². The van der Waals surface area contributed by atoms with Crippen LogP contribution in [0.4, 0.5) is 8.78 Å². The van der Waals surface area contributed by atoms with Crippen molar-refractivity contribution in [3.8, 4) is 11.3 Å². The number of amides is 1. The van der Waals surface area contributed by atoms with E-state index in [4.69, 9.17) is 0 Å². The molecule has 6 heteroatoms. The van der Waals surface area contributed by atoms with Gasteiger partial charge in [-0.2, -0.15) is 5.10 Å². The molecule has 1 aromatic heterocycles. The van der Waals surface area contributed by atoms with Crippen LogP contribution in [0.15, 0.2) is 36.4 Å². The Labute approximate surface area is 130 Å². The van der Waals surface area contributed by atoms with Crippen LogP contribution in [-0.2, 0) is 0 Å². The molecule has 0 radical (unpaired) electrons. The van der Waals surface area contributed by atoms with Crippen LogP contribution in [0.5, 0.6) is 0 Å². The van der Waals surface area contributed by atoms with Gasteiger partial charge in [0.1, 0.15) is 22.8 Å². The Morgan fingerprint density at radius 3 is 2.78 bits per heavy atom. The van der Waals surface area contributed by atoms with Crippen LogP contribution in [-0.4, -0.2) is 22.1 Å². The Balaban J connectivity index is 1.83. The van der Waals surface area contributed by atoms with E-state index >= 15 is 0 Å². The summed E-state index contributed by atoms with van der Waals surface area (Å²) in [5, 5.41) is 9.97. The average molecular weight is 313 g/mol. The molecule has 0 saturated heterocycles. The van der Waals surface area contributed by atoms with Crippen molar-refractivity contribution in [2.24, 2.45) is 0 Å². The number of H-pyrrole nitrogens is 1. The molecule has 1 amide bonds. The third kappa shape index (κ3) is 2.56. The van der Waals surface area contributed by atoms with E-state index in [1.807, 2.05) is 0 Å². The molecule has 1 fully saturated rings. The van der Waals surface area contributed by atoms with Crippen molar-refractivity contribution >= 4 is 16.8 Å². The van der Waals surface area contributed by atoms with E-state index in [1.54, 1.807) is 18.2 Å². The first-order valence-corrected chi connectivity index (χ1v) is 7.36. The average Bonchev–Trinajstić information content (AvgIpc) is 3.23. The van der Waals surface area contributed by atoms with Crippen molar-refractivity contribution in [1.29, 1.82) is 0 Å². The molecular weight excluding hydrogens is 300 g/mol. The number of halogens is 2. The highest BCUT2D eigenvalue weighted by Gasteiger charge is 2.24. The molecule has 1 aliphatic carbocycles. The third-order valence-electron chi connectivity index (χ3n) is 3.90. The Morgan fingerprint density at radius 1 is 1.22 bits per heavy atom. The van der Waals surface area contributed by atoms with Crippen LogP contribution in [0.1, 0.15) is 23.2 Å². The molecule has 1 aliphatic rings. The van der Waals surface area contributed by atoms with Crippen molar-refractivity contribution in [3.05, 3.63) is 53.6 Å². The number of aromatic nitrogens is 2. The predicted octanol–water partition coefficient (Wildman–Crippen LogP) is 3.40. The van der Waals surface area contributed by atoms with Crippen LogP contribution in [0.3, 0.4) is 0 Å². The Kier molecular flexibility index (Phi) is 3.11. The van der Waals surface area contributed by atoms with E-state index in [0.717, 1.165) is 12.8 Å². The molecular formula is C17H13F2N3O. The summed E-state index contributed by atoms with van der Waals surface area (Å²) in [6, 6.07) is 8.86. The SMILES string of the molecule is O=C(NC1CC1)c1cc(F)c2[nH]nc(-c3cccc(F)c3)c2c1. The molecule has 2 N–H and O–H groups in total. The predicted molar refractivity (Wildman–Crippen MR) is 81.9 cm³/mol. The number of rotatable bonds is 3. The van der Waals surface area contributed by atoms with Gasteiger partial charge < -0.3 is 5.32 Å². The van der Waals surface area contributed by atoms with Gasteiger partial charge in [-0.3, -0.25) is 9.89 Å². The van der Waals surface area contributed by atoms with Crippen LogP contribution in [0.2, 0.25) is 0 Å². The summed E-state index contributed by atoms with van der Waals surface area (Å²) < 4.78 is 27.7. The fourth-order valence-electron chi connectivity index (χ4n) is 2.56. The fraction of sp³-hybridized carbons (Fsp3) is 0.176. The van der Waals surface area contributed by atoms with Crippen molar-refractivity contribution in [3.63, 3.8) is 0 Å². The minimum atomic E-state index is -0.557. The number of nitrogens with zero attached hydrogens (tertiary/aromatic N) is 1. The van der Waals surface area contributed by atoms with Crippen molar-refractivity contribution in [2.75, 3.05) is 0 Å². The molecule has 3 aromatic rings. The van der Waals surface area contributed by atoms with Gasteiger partial charge in [0.25, 0.3) is 5.91 Å². The third-order valence-corrected chi connectivity index (χ3v) is 3.90. The number of carbonyl (C=O) groups excluding carboxylic acids is 1. The number of hydrogen-bond donors (Lipinski definition) is 2. The van der Waals surface area contributed by atoms with E-state index in [-0.39, 0.29) is 23.0 Å². The minimum Gasteiger partial charge on any atom is -0.349 e. The van der Waals surface area contributed by atoms with Crippen LogP contribution in [0, 0.1) is 11.6 Å². The number of fused-ring (bicyclic) bond motifs is 1. The maximum atomic E-state index is 14.2. The fourth-order valence-corrected chi connectivity index (χ4v) is 2.56. The second kappa shape index (κ2) is 5.15. The molecule has 0 aliphatic heterocycles. The molecule has 0 bridgehead atoms. The normalized spacial score (nSPS) is 14.2. The van der Waals surface area contributed by atoms with E-state index < -0.39 is 11.6 Å². The maximum absolute atomic E-state index is 14.2. The number of aromatic amines is 1. The molecule has 0 atom stereocenters. The standard InChI is InChI=1S/C17H13F2N3O/c18-11-3-1-2-9(6-11)15-13-7-10(17(23)20-12-4-5-12)8-14(19)16(13)22-21-15/h1-3,6-8,12H,4-5H2,(H,20,23)(H,21,22). The van der Waals surface area contributed by atoms with Crippen molar-refractivity contribution in [2.45, 2.75) is 18.9 Å². The smallest absolute Gasteiger partial charge is 0.251 e. The van der Waals surface area contributed by atoms with Gasteiger partial charge in [-0.05, 0) is 37.1 Å². The summed E-state index contributed by atoms with van der Waals surface area (Å²) in [5.74, 6) is -1.26. The van der Waals surface area contributed by atoms with E-state index in [9.17, 15) is 13.6 Å². The Hall–Kier alpha value is -2.76. The van der Waals surface area contributed by atoms with Gasteiger partial charge >= 0.3 is 0 Å². The lowest BCUT2D eigenvalue weighted by molar-refractivity contribution is 0.0951. The molecule has 2 aromatic carbocycles. The van der Waals surface area contributed by atoms with Gasteiger partial charge in [0.05, 0.1) is 0 Å². The Bertz CT molecular complexity index is 915. The second-order valence-corrected chi connectivity index (χ2v) is 5.71. The van der Waals surface area contributed by atoms with Crippen LogP contribution in [0.25, 0.3) is 22.2 Å². The first-order valence-electron chi connectivity index (χ1n) is 7.36. The summed E-state index contributed by atoms with van der Waals surface area (Å²) in [6.45, 7) is 0. The first kappa shape index (κ1) is 13.9. The lowest BCUT2D eigenvalue weighted by Crippen LogP contribution is -2.25. The molecule has 1 saturated carbocycles. The highest BCUT2D eigenvalue weighted by atomic mass is 19.1. The van der Waals surface area contributed by atoms with Gasteiger partial charge in [0, 0.05) is 22.6 Å². The molecule has 0 spiro atoms. The van der Waals surface area contributed by atoms with Gasteiger partial charge in [-0.1, -0.05) is 12.1 Å². The Morgan fingerprint density at radius 2 is 2.04 bits per heavy atom. The molecule has 4 rings (SSSR count). The number of benzene rings is 2. The summed E-state index contributed by atoms with van der Waals surface area (Å²) >= 11 is 0. The zero-order valence-corrected chi connectivity index (χ0v) is 12.1. The first-order chi connectivity index (χ1) is 11.1. The number of hydrogen-bond acceptors (Lipinski definition) is 2. The highest BCUT2D eigenvalue weighted by Crippen LogP contribution is 2.29. The number of carbonyl (C=O) groups is 1. The van der Waals surface area contributed by atoms with Gasteiger partial charge in [-0.25, -0.2) is 8.78 Å². The number of nitrogens with one attached hydrogen (secondary N) is 2. The van der Waals surface area contributed by atoms with E-state index in [1.165, 1.54) is 18.2 Å². The molecule has 1 heterocycles. The monoisotopic (exact) mass is 313 g/mol. The maximum Gasteiger partial charge on any atom is 0.251 e. The lowest BCUT2D eigenvalue weighted by Gasteiger charge is -2.05. The molecule has 23 heavy (non-hydrogen) atoms. The summed E-state index contributed by atoms with van der Waals surface area (Å²) in [4.78, 5) is 12.1. The van der Waals surface area contributed by atoms with Crippen molar-refractivity contribution < 1.29 is 13.6 Å². The largest absolute Gasteiger partial charge is 0.349 e. The topological polar surface area (TPSA) is 57.8 Å². The van der Waals surface area contributed by atoms with Crippen LogP contribution < -0.4 is 5.32 Å². The summed E-state index contributed by atoms with van der Waals surface area (Å²) in [6.07, 6.45) is 1.91. The van der Waals surface area contributed by atoms with Gasteiger partial charge in [-0.15, -0.1) is 0 Å². The molecule has 4 nitrogen and oxygen atoms in total. The summed E-state index contributed by atoms with van der Waals surface area (Å²) in [7, 11) is 0. The van der Waals surface area contributed by atoms with Crippen molar-refractivity contribution in [1.82, 2.24) is 15.5 Å². The van der Waals surface area contributed by atoms with Gasteiger partial charge in [0.2, 0.25) is 0 Å². The molecule has 0 unspecified atom stereocenters. The van der Waals surface area contributed by atoms with Gasteiger partial charge in [0.15, 0.2) is 0 Å². The molecule has 116 valence electrons. The highest BCUT2D eigenvalue weighted by molar-refractivity contribution is 6.01. The van der Waals surface area contributed by atoms with Crippen LogP contribution >= 0.6 is 0 Å². The zero-order chi connectivity index (χ0) is 16.0. The lowest BCUT2D eigenvalue weighted by atomic mass is 10.0. The second-order valence-electron chi connectivity index (χ2n) is 5.71. The zero-order valence-electron chi connectivity index (χ0n) is 12.1. The quantitative estimate of drug-likeness (QED) is 0.778. The van der Waals surface area contributed by atoms with E-state index in [2.05, 4.69) is 15.5 Å². The minimum absolute atomic E-state index is 0.188.